The molecule has 1 saturated carbocycles. The Morgan fingerprint density at radius 2 is 1.80 bits per heavy atom. The molecule has 2 rings (SSSR count). The highest BCUT2D eigenvalue weighted by molar-refractivity contribution is 5.89. The van der Waals surface area contributed by atoms with Crippen molar-refractivity contribution in [1.82, 2.24) is 0 Å². The number of nitrogens with one attached hydrogen (secondary N) is 2. The van der Waals surface area contributed by atoms with E-state index in [1.807, 2.05) is 45.0 Å². The number of hydrogen-bond acceptors (Lipinski definition) is 3. The van der Waals surface area contributed by atoms with E-state index in [9.17, 15) is 4.79 Å². The topological polar surface area (TPSA) is 50.4 Å². The van der Waals surface area contributed by atoms with Gasteiger partial charge in [0.1, 0.15) is 5.60 Å². The molecule has 0 radical (unpaired) electrons. The van der Waals surface area contributed by atoms with Crippen LogP contribution < -0.4 is 10.6 Å². The molecule has 0 aromatic heterocycles. The summed E-state index contributed by atoms with van der Waals surface area (Å²) in [6.45, 7) is 7.81. The van der Waals surface area contributed by atoms with E-state index in [-0.39, 0.29) is 0 Å². The first-order valence-electron chi connectivity index (χ1n) is 7.19. The van der Waals surface area contributed by atoms with Crippen molar-refractivity contribution >= 4 is 17.5 Å². The standard InChI is InChI=1S/C16H24N2O2/c1-11-9-12(10-11)17-13-7-5-6-8-14(13)18-15(19)20-16(2,3)4/h5-8,11-12,17H,9-10H2,1-4H3,(H,18,19). The molecular formula is C16H24N2O2. The van der Waals surface area contributed by atoms with Crippen LogP contribution in [-0.2, 0) is 4.74 Å². The number of para-hydroxylation sites is 2. The minimum Gasteiger partial charge on any atom is -0.444 e. The molecule has 0 saturated heterocycles. The summed E-state index contributed by atoms with van der Waals surface area (Å²) in [6.07, 6.45) is 1.94. The van der Waals surface area contributed by atoms with Crippen molar-refractivity contribution in [3.63, 3.8) is 0 Å². The maximum atomic E-state index is 11.8. The average molecular weight is 276 g/mol. The number of benzene rings is 1. The number of rotatable bonds is 3. The molecule has 1 aliphatic carbocycles. The lowest BCUT2D eigenvalue weighted by atomic mass is 9.82. The molecule has 4 heteroatoms. The third-order valence-electron chi connectivity index (χ3n) is 3.30. The van der Waals surface area contributed by atoms with E-state index in [0.717, 1.165) is 17.3 Å². The monoisotopic (exact) mass is 276 g/mol. The first-order valence-corrected chi connectivity index (χ1v) is 7.19. The Morgan fingerprint density at radius 1 is 1.20 bits per heavy atom. The summed E-state index contributed by atoms with van der Waals surface area (Å²) in [6, 6.07) is 8.24. The highest BCUT2D eigenvalue weighted by Crippen LogP contribution is 2.32. The van der Waals surface area contributed by atoms with Gasteiger partial charge < -0.3 is 10.1 Å². The molecule has 1 aliphatic rings. The Bertz CT molecular complexity index is 474. The fourth-order valence-electron chi connectivity index (χ4n) is 2.37. The molecule has 0 spiro atoms. The van der Waals surface area contributed by atoms with E-state index in [2.05, 4.69) is 17.6 Å². The zero-order valence-electron chi connectivity index (χ0n) is 12.7. The lowest BCUT2D eigenvalue weighted by Crippen LogP contribution is -2.34. The largest absolute Gasteiger partial charge is 0.444 e. The van der Waals surface area contributed by atoms with E-state index in [1.165, 1.54) is 12.8 Å². The van der Waals surface area contributed by atoms with Gasteiger partial charge in [0.15, 0.2) is 0 Å². The second-order valence-electron chi connectivity index (χ2n) is 6.59. The maximum absolute atomic E-state index is 11.8. The zero-order chi connectivity index (χ0) is 14.8. The zero-order valence-corrected chi connectivity index (χ0v) is 12.7. The van der Waals surface area contributed by atoms with Gasteiger partial charge in [-0.1, -0.05) is 19.1 Å². The van der Waals surface area contributed by atoms with Crippen LogP contribution in [0.5, 0.6) is 0 Å². The molecule has 20 heavy (non-hydrogen) atoms. The van der Waals surface area contributed by atoms with Crippen molar-refractivity contribution in [3.8, 4) is 0 Å². The van der Waals surface area contributed by atoms with E-state index < -0.39 is 11.7 Å². The second kappa shape index (κ2) is 5.73. The second-order valence-corrected chi connectivity index (χ2v) is 6.59. The highest BCUT2D eigenvalue weighted by Gasteiger charge is 2.25. The molecule has 2 N–H and O–H groups in total. The number of hydrogen-bond donors (Lipinski definition) is 2. The summed E-state index contributed by atoms with van der Waals surface area (Å²) in [5, 5.41) is 6.28. The lowest BCUT2D eigenvalue weighted by Gasteiger charge is -2.34. The van der Waals surface area contributed by atoms with Gasteiger partial charge in [0, 0.05) is 6.04 Å². The van der Waals surface area contributed by atoms with Gasteiger partial charge in [-0.2, -0.15) is 0 Å². The first-order chi connectivity index (χ1) is 9.33. The van der Waals surface area contributed by atoms with Gasteiger partial charge in [-0.25, -0.2) is 4.79 Å². The minimum absolute atomic E-state index is 0.422. The molecule has 1 aromatic carbocycles. The van der Waals surface area contributed by atoms with Gasteiger partial charge in [0.2, 0.25) is 0 Å². The Morgan fingerprint density at radius 3 is 2.35 bits per heavy atom. The van der Waals surface area contributed by atoms with E-state index in [4.69, 9.17) is 4.74 Å². The van der Waals surface area contributed by atoms with Gasteiger partial charge in [0.25, 0.3) is 0 Å². The molecule has 1 aromatic rings. The van der Waals surface area contributed by atoms with Crippen molar-refractivity contribution in [1.29, 1.82) is 0 Å². The minimum atomic E-state index is -0.490. The van der Waals surface area contributed by atoms with E-state index in [0.29, 0.717) is 6.04 Å². The number of carbonyl (C=O) groups excluding carboxylic acids is 1. The molecular weight excluding hydrogens is 252 g/mol. The summed E-state index contributed by atoms with van der Waals surface area (Å²) in [5.41, 5.74) is 1.23. The maximum Gasteiger partial charge on any atom is 0.412 e. The smallest absolute Gasteiger partial charge is 0.412 e. The van der Waals surface area contributed by atoms with Gasteiger partial charge >= 0.3 is 6.09 Å². The summed E-state index contributed by atoms with van der Waals surface area (Å²) >= 11 is 0. The van der Waals surface area contributed by atoms with E-state index in [1.54, 1.807) is 0 Å². The Labute approximate surface area is 120 Å². The molecule has 0 atom stereocenters. The Hall–Kier alpha value is -1.71. The molecule has 1 fully saturated rings. The van der Waals surface area contributed by atoms with Crippen molar-refractivity contribution in [2.24, 2.45) is 5.92 Å². The number of carbonyl (C=O) groups is 1. The molecule has 0 bridgehead atoms. The lowest BCUT2D eigenvalue weighted by molar-refractivity contribution is 0.0636. The van der Waals surface area contributed by atoms with Crippen LogP contribution in [0.15, 0.2) is 24.3 Å². The van der Waals surface area contributed by atoms with Crippen molar-refractivity contribution < 1.29 is 9.53 Å². The number of amides is 1. The molecule has 0 aliphatic heterocycles. The third kappa shape index (κ3) is 4.15. The molecule has 0 unspecified atom stereocenters. The fraction of sp³-hybridized carbons (Fsp3) is 0.562. The van der Waals surface area contributed by atoms with Gasteiger partial charge in [-0.3, -0.25) is 5.32 Å². The van der Waals surface area contributed by atoms with Crippen LogP contribution in [0.2, 0.25) is 0 Å². The van der Waals surface area contributed by atoms with Crippen LogP contribution in [0.3, 0.4) is 0 Å². The van der Waals surface area contributed by atoms with Crippen molar-refractivity contribution in [3.05, 3.63) is 24.3 Å². The van der Waals surface area contributed by atoms with E-state index >= 15 is 0 Å². The molecule has 110 valence electrons. The van der Waals surface area contributed by atoms with Crippen molar-refractivity contribution in [2.75, 3.05) is 10.6 Å². The molecule has 1 amide bonds. The summed E-state index contributed by atoms with van der Waals surface area (Å²) in [5.74, 6) is 0.790. The SMILES string of the molecule is CC1CC(Nc2ccccc2NC(=O)OC(C)(C)C)C1. The average Bonchev–Trinajstić information content (AvgIpc) is 2.27. The van der Waals surface area contributed by atoms with Crippen LogP contribution in [0.4, 0.5) is 16.2 Å². The number of ether oxygens (including phenoxy) is 1. The van der Waals surface area contributed by atoms with Gasteiger partial charge in [0.05, 0.1) is 11.4 Å². The van der Waals surface area contributed by atoms with Crippen molar-refractivity contribution in [2.45, 2.75) is 52.2 Å². The third-order valence-corrected chi connectivity index (χ3v) is 3.30. The Balaban J connectivity index is 1.98. The van der Waals surface area contributed by atoms with Gasteiger partial charge in [-0.15, -0.1) is 0 Å². The predicted molar refractivity (Wildman–Crippen MR) is 82.1 cm³/mol. The van der Waals surface area contributed by atoms with Crippen LogP contribution in [0.25, 0.3) is 0 Å². The summed E-state index contributed by atoms with van der Waals surface area (Å²) in [4.78, 5) is 11.8. The van der Waals surface area contributed by atoms with Crippen LogP contribution in [0, 0.1) is 5.92 Å². The Kier molecular flexibility index (Phi) is 4.21. The predicted octanol–water partition coefficient (Wildman–Crippen LogP) is 4.24. The fourth-order valence-corrected chi connectivity index (χ4v) is 2.37. The summed E-state index contributed by atoms with van der Waals surface area (Å²) < 4.78 is 5.28. The quantitative estimate of drug-likeness (QED) is 0.868. The van der Waals surface area contributed by atoms with Crippen LogP contribution in [0.1, 0.15) is 40.5 Å². The first kappa shape index (κ1) is 14.7. The van der Waals surface area contributed by atoms with Crippen LogP contribution >= 0.6 is 0 Å². The highest BCUT2D eigenvalue weighted by atomic mass is 16.6. The van der Waals surface area contributed by atoms with Crippen LogP contribution in [-0.4, -0.2) is 17.7 Å². The molecule has 4 nitrogen and oxygen atoms in total. The number of anilines is 2. The summed E-state index contributed by atoms with van der Waals surface area (Å²) in [7, 11) is 0. The molecule has 0 heterocycles. The normalized spacial score (nSPS) is 21.8. The van der Waals surface area contributed by atoms with Gasteiger partial charge in [-0.05, 0) is 51.7 Å².